The lowest BCUT2D eigenvalue weighted by atomic mass is 9.99. The molecule has 2 aromatic rings. The molecule has 0 bridgehead atoms. The topological polar surface area (TPSA) is 64.3 Å². The quantitative estimate of drug-likeness (QED) is 0.462. The largest absolute Gasteiger partial charge is 0.466 e. The van der Waals surface area contributed by atoms with Crippen LogP contribution in [0.4, 0.5) is 5.69 Å². The molecule has 0 fully saturated rings. The van der Waals surface area contributed by atoms with Gasteiger partial charge < -0.3 is 10.5 Å². The number of anilines is 1. The number of hydrogen-bond donors (Lipinski definition) is 2. The van der Waals surface area contributed by atoms with Crippen LogP contribution in [0.3, 0.4) is 0 Å². The van der Waals surface area contributed by atoms with Gasteiger partial charge in [-0.1, -0.05) is 36.4 Å². The van der Waals surface area contributed by atoms with E-state index in [4.69, 9.17) is 22.2 Å². The van der Waals surface area contributed by atoms with Gasteiger partial charge in [-0.3, -0.25) is 4.79 Å². The summed E-state index contributed by atoms with van der Waals surface area (Å²) in [7, 11) is 0. The number of benzene rings is 2. The Morgan fingerprint density at radius 1 is 1.22 bits per heavy atom. The summed E-state index contributed by atoms with van der Waals surface area (Å²) in [6.45, 7) is 2.17. The highest BCUT2D eigenvalue weighted by molar-refractivity contribution is 6.13. The highest BCUT2D eigenvalue weighted by atomic mass is 35.5. The Hall–Kier alpha value is -2.04. The third-order valence-corrected chi connectivity index (χ3v) is 3.84. The maximum atomic E-state index is 11.5. The zero-order valence-corrected chi connectivity index (χ0v) is 13.8. The Morgan fingerprint density at radius 3 is 2.57 bits per heavy atom. The van der Waals surface area contributed by atoms with E-state index in [2.05, 4.69) is 4.84 Å². The number of carbonyl (C=O) groups excluding carboxylic acids is 1. The molecule has 3 N–H and O–H groups in total. The highest BCUT2D eigenvalue weighted by Crippen LogP contribution is 2.22. The molecule has 122 valence electrons. The molecule has 0 radical (unpaired) electrons. The van der Waals surface area contributed by atoms with Crippen LogP contribution in [-0.4, -0.2) is 18.6 Å². The summed E-state index contributed by atoms with van der Waals surface area (Å²) in [5.74, 6) is -0.248. The number of nitrogens with two attached hydrogens (primary N) is 1. The summed E-state index contributed by atoms with van der Waals surface area (Å²) >= 11 is 5.73. The first-order valence-electron chi connectivity index (χ1n) is 7.59. The van der Waals surface area contributed by atoms with Gasteiger partial charge in [0.1, 0.15) is 0 Å². The molecule has 2 aromatic carbocycles. The minimum atomic E-state index is -0.248. The number of nitrogens with one attached hydrogen (secondary N) is 1. The Balaban J connectivity index is 2.02. The first-order chi connectivity index (χ1) is 11.1. The fourth-order valence-electron chi connectivity index (χ4n) is 2.41. The molecule has 1 unspecified atom stereocenters. The Bertz CT molecular complexity index is 644. The highest BCUT2D eigenvalue weighted by Gasteiger charge is 2.14. The minimum absolute atomic E-state index is 0.158. The lowest BCUT2D eigenvalue weighted by molar-refractivity contribution is -0.143. The van der Waals surface area contributed by atoms with Gasteiger partial charge in [-0.05, 0) is 53.9 Å². The van der Waals surface area contributed by atoms with E-state index in [1.807, 2.05) is 48.5 Å². The van der Waals surface area contributed by atoms with Crippen LogP contribution in [0, 0.1) is 0 Å². The van der Waals surface area contributed by atoms with E-state index in [9.17, 15) is 4.79 Å². The molecule has 0 aliphatic carbocycles. The van der Waals surface area contributed by atoms with E-state index in [-0.39, 0.29) is 18.4 Å². The zero-order valence-electron chi connectivity index (χ0n) is 13.1. The van der Waals surface area contributed by atoms with E-state index < -0.39 is 0 Å². The molecule has 1 atom stereocenters. The second kappa shape index (κ2) is 8.56. The molecule has 4 nitrogen and oxygen atoms in total. The van der Waals surface area contributed by atoms with Crippen LogP contribution < -0.4 is 10.6 Å². The second-order valence-corrected chi connectivity index (χ2v) is 5.56. The summed E-state index contributed by atoms with van der Waals surface area (Å²) in [6, 6.07) is 15.8. The van der Waals surface area contributed by atoms with Crippen molar-refractivity contribution in [3.63, 3.8) is 0 Å². The van der Waals surface area contributed by atoms with Crippen LogP contribution in [-0.2, 0) is 16.0 Å². The smallest absolute Gasteiger partial charge is 0.307 e. The third-order valence-electron chi connectivity index (χ3n) is 3.53. The van der Waals surface area contributed by atoms with Crippen LogP contribution in [0.2, 0.25) is 0 Å². The molecule has 0 heterocycles. The molecular weight excluding hydrogens is 312 g/mol. The normalized spacial score (nSPS) is 11.9. The van der Waals surface area contributed by atoms with Gasteiger partial charge in [0.2, 0.25) is 0 Å². The number of ether oxygens (including phenoxy) is 1. The summed E-state index contributed by atoms with van der Waals surface area (Å²) in [6.07, 6.45) is 0.897. The maximum Gasteiger partial charge on any atom is 0.307 e. The first-order valence-corrected chi connectivity index (χ1v) is 7.96. The molecular formula is C18H21ClN2O2. The van der Waals surface area contributed by atoms with Crippen molar-refractivity contribution in [2.75, 3.05) is 12.3 Å². The van der Waals surface area contributed by atoms with Crippen molar-refractivity contribution in [2.45, 2.75) is 25.8 Å². The van der Waals surface area contributed by atoms with Gasteiger partial charge in [-0.2, -0.15) is 0 Å². The molecule has 2 rings (SSSR count). The van der Waals surface area contributed by atoms with Crippen molar-refractivity contribution in [1.29, 1.82) is 0 Å². The molecule has 5 heteroatoms. The summed E-state index contributed by atoms with van der Waals surface area (Å²) in [5, 5.41) is 0. The van der Waals surface area contributed by atoms with E-state index in [1.165, 1.54) is 0 Å². The van der Waals surface area contributed by atoms with Gasteiger partial charge in [0.25, 0.3) is 0 Å². The number of carbonyl (C=O) groups is 1. The average molecular weight is 333 g/mol. The Morgan fingerprint density at radius 2 is 1.96 bits per heavy atom. The van der Waals surface area contributed by atoms with Crippen LogP contribution in [0.5, 0.6) is 0 Å². The molecule has 0 aliphatic rings. The van der Waals surface area contributed by atoms with Crippen molar-refractivity contribution >= 4 is 23.4 Å². The van der Waals surface area contributed by atoms with Gasteiger partial charge in [0.15, 0.2) is 0 Å². The summed E-state index contributed by atoms with van der Waals surface area (Å²) in [4.78, 5) is 14.2. The minimum Gasteiger partial charge on any atom is -0.466 e. The predicted molar refractivity (Wildman–Crippen MR) is 94.0 cm³/mol. The van der Waals surface area contributed by atoms with E-state index in [0.29, 0.717) is 13.0 Å². The van der Waals surface area contributed by atoms with Gasteiger partial charge >= 0.3 is 5.97 Å². The van der Waals surface area contributed by atoms with E-state index in [1.54, 1.807) is 6.92 Å². The number of rotatable bonds is 7. The lowest BCUT2D eigenvalue weighted by Gasteiger charge is -2.14. The van der Waals surface area contributed by atoms with Crippen molar-refractivity contribution in [3.8, 4) is 11.1 Å². The molecule has 0 aromatic heterocycles. The van der Waals surface area contributed by atoms with E-state index in [0.717, 1.165) is 22.4 Å². The summed E-state index contributed by atoms with van der Waals surface area (Å²) in [5.41, 5.74) is 9.83. The Labute approximate surface area is 141 Å². The fraction of sp³-hybridized carbons (Fsp3) is 0.278. The van der Waals surface area contributed by atoms with Crippen molar-refractivity contribution < 1.29 is 9.53 Å². The first kappa shape index (κ1) is 17.3. The SMILES string of the molecule is CCOC(=O)CC(Cc1ccc(-c2cccc(N)c2)cc1)NCl. The van der Waals surface area contributed by atoms with Gasteiger partial charge in [-0.25, -0.2) is 4.84 Å². The summed E-state index contributed by atoms with van der Waals surface area (Å²) < 4.78 is 4.95. The van der Waals surface area contributed by atoms with Gasteiger partial charge in [-0.15, -0.1) is 0 Å². The second-order valence-electron chi connectivity index (χ2n) is 5.34. The fourth-order valence-corrected chi connectivity index (χ4v) is 2.56. The average Bonchev–Trinajstić information content (AvgIpc) is 2.55. The molecule has 0 saturated heterocycles. The van der Waals surface area contributed by atoms with Crippen molar-refractivity contribution in [3.05, 3.63) is 54.1 Å². The molecule has 0 saturated carbocycles. The van der Waals surface area contributed by atoms with Gasteiger partial charge in [0, 0.05) is 11.7 Å². The predicted octanol–water partition coefficient (Wildman–Crippen LogP) is 3.54. The lowest BCUT2D eigenvalue weighted by Crippen LogP contribution is -2.27. The Kier molecular flexibility index (Phi) is 6.44. The number of esters is 1. The van der Waals surface area contributed by atoms with Gasteiger partial charge in [0.05, 0.1) is 13.0 Å². The van der Waals surface area contributed by atoms with Crippen LogP contribution in [0.15, 0.2) is 48.5 Å². The number of hydrogen-bond acceptors (Lipinski definition) is 4. The number of halogens is 1. The van der Waals surface area contributed by atoms with E-state index >= 15 is 0 Å². The van der Waals surface area contributed by atoms with Crippen LogP contribution >= 0.6 is 11.8 Å². The maximum absolute atomic E-state index is 11.5. The molecule has 23 heavy (non-hydrogen) atoms. The van der Waals surface area contributed by atoms with Crippen LogP contribution in [0.1, 0.15) is 18.9 Å². The standard InChI is InChI=1S/C18H21ClN2O2/c1-2-23-18(22)12-17(21-19)10-13-6-8-14(9-7-13)15-4-3-5-16(20)11-15/h3-9,11,17,21H,2,10,12,20H2,1H3. The molecule has 0 aliphatic heterocycles. The molecule has 0 amide bonds. The van der Waals surface area contributed by atoms with Crippen molar-refractivity contribution in [1.82, 2.24) is 4.84 Å². The number of nitrogen functional groups attached to an aromatic ring is 1. The third kappa shape index (κ3) is 5.27. The monoisotopic (exact) mass is 332 g/mol. The zero-order chi connectivity index (χ0) is 16.7. The van der Waals surface area contributed by atoms with Crippen LogP contribution in [0.25, 0.3) is 11.1 Å². The van der Waals surface area contributed by atoms with Crippen molar-refractivity contribution in [2.24, 2.45) is 0 Å². The molecule has 0 spiro atoms.